The normalized spacial score (nSPS) is 11.4. The Morgan fingerprint density at radius 2 is 2.11 bits per heavy atom. The van der Waals surface area contributed by atoms with Crippen LogP contribution in [0.25, 0.3) is 5.82 Å². The van der Waals surface area contributed by atoms with E-state index in [2.05, 4.69) is 14.8 Å². The van der Waals surface area contributed by atoms with Crippen LogP contribution in [0.5, 0.6) is 0 Å². The van der Waals surface area contributed by atoms with Crippen LogP contribution < -0.4 is 0 Å². The first kappa shape index (κ1) is 13.1. The second-order valence-corrected chi connectivity index (χ2v) is 3.54. The van der Waals surface area contributed by atoms with E-state index < -0.39 is 17.8 Å². The van der Waals surface area contributed by atoms with Crippen LogP contribution in [0, 0.1) is 0 Å². The summed E-state index contributed by atoms with van der Waals surface area (Å²) in [6.45, 7) is 0. The van der Waals surface area contributed by atoms with Gasteiger partial charge in [0.15, 0.2) is 11.5 Å². The van der Waals surface area contributed by atoms with E-state index in [1.54, 1.807) is 0 Å². The number of hydrogen-bond donors (Lipinski definition) is 0. The zero-order chi connectivity index (χ0) is 14.0. The van der Waals surface area contributed by atoms with Crippen LogP contribution in [-0.4, -0.2) is 27.8 Å². The summed E-state index contributed by atoms with van der Waals surface area (Å²) in [5, 5.41) is 3.36. The summed E-state index contributed by atoms with van der Waals surface area (Å²) in [4.78, 5) is 15.1. The highest BCUT2D eigenvalue weighted by molar-refractivity contribution is 5.89. The summed E-state index contributed by atoms with van der Waals surface area (Å²) in [5.74, 6) is -0.509. The first-order chi connectivity index (χ1) is 8.91. The van der Waals surface area contributed by atoms with Crippen molar-refractivity contribution in [1.29, 1.82) is 0 Å². The fraction of sp³-hybridized carbons (Fsp3) is 0.182. The minimum Gasteiger partial charge on any atom is -0.465 e. The molecule has 2 rings (SSSR count). The van der Waals surface area contributed by atoms with Crippen molar-refractivity contribution in [2.24, 2.45) is 0 Å². The number of hydrogen-bond acceptors (Lipinski definition) is 4. The molecular formula is C11H8F3N3O2. The molecule has 0 atom stereocenters. The number of aromatic nitrogens is 3. The van der Waals surface area contributed by atoms with Crippen molar-refractivity contribution in [3.63, 3.8) is 0 Å². The number of rotatable bonds is 2. The molecule has 0 aliphatic rings. The van der Waals surface area contributed by atoms with Gasteiger partial charge in [-0.05, 0) is 18.2 Å². The van der Waals surface area contributed by atoms with E-state index >= 15 is 0 Å². The summed E-state index contributed by atoms with van der Waals surface area (Å²) in [5.41, 5.74) is -0.852. The number of halogens is 3. The monoisotopic (exact) mass is 271 g/mol. The third-order valence-corrected chi connectivity index (χ3v) is 2.28. The van der Waals surface area contributed by atoms with Gasteiger partial charge in [0.25, 0.3) is 0 Å². The highest BCUT2D eigenvalue weighted by atomic mass is 19.4. The zero-order valence-corrected chi connectivity index (χ0v) is 9.68. The molecule has 0 radical (unpaired) electrons. The molecule has 5 nitrogen and oxygen atoms in total. The highest BCUT2D eigenvalue weighted by Gasteiger charge is 2.33. The van der Waals surface area contributed by atoms with E-state index in [0.717, 1.165) is 16.9 Å². The summed E-state index contributed by atoms with van der Waals surface area (Å²) in [7, 11) is 1.21. The Labute approximate surface area is 105 Å². The second kappa shape index (κ2) is 4.71. The second-order valence-electron chi connectivity index (χ2n) is 3.54. The van der Waals surface area contributed by atoms with Crippen molar-refractivity contribution in [1.82, 2.24) is 14.8 Å². The molecule has 2 heterocycles. The molecule has 0 N–H and O–H groups in total. The van der Waals surface area contributed by atoms with E-state index in [-0.39, 0.29) is 11.4 Å². The molecule has 0 spiro atoms. The van der Waals surface area contributed by atoms with Crippen LogP contribution in [-0.2, 0) is 10.9 Å². The third-order valence-electron chi connectivity index (χ3n) is 2.28. The lowest BCUT2D eigenvalue weighted by molar-refractivity contribution is -0.141. The van der Waals surface area contributed by atoms with Gasteiger partial charge in [-0.1, -0.05) is 0 Å². The van der Waals surface area contributed by atoms with Crippen LogP contribution in [0.15, 0.2) is 30.6 Å². The maximum atomic E-state index is 12.4. The molecule has 0 fully saturated rings. The lowest BCUT2D eigenvalue weighted by Crippen LogP contribution is -2.08. The molecule has 0 aliphatic carbocycles. The van der Waals surface area contributed by atoms with Crippen LogP contribution in [0.4, 0.5) is 13.2 Å². The van der Waals surface area contributed by atoms with Crippen LogP contribution >= 0.6 is 0 Å². The zero-order valence-electron chi connectivity index (χ0n) is 9.68. The molecular weight excluding hydrogens is 263 g/mol. The first-order valence-corrected chi connectivity index (χ1v) is 5.09. The fourth-order valence-electron chi connectivity index (χ4n) is 1.39. The largest absolute Gasteiger partial charge is 0.465 e. The van der Waals surface area contributed by atoms with E-state index in [1.165, 1.54) is 25.4 Å². The van der Waals surface area contributed by atoms with Crippen molar-refractivity contribution in [3.05, 3.63) is 41.9 Å². The first-order valence-electron chi connectivity index (χ1n) is 5.09. The molecule has 2 aromatic heterocycles. The number of carbonyl (C=O) groups excluding carboxylic acids is 1. The summed E-state index contributed by atoms with van der Waals surface area (Å²) < 4.78 is 42.7. The number of pyridine rings is 1. The fourth-order valence-corrected chi connectivity index (χ4v) is 1.39. The Morgan fingerprint density at radius 1 is 1.37 bits per heavy atom. The number of methoxy groups -OCH3 is 1. The molecule has 0 saturated heterocycles. The molecule has 0 amide bonds. The Kier molecular flexibility index (Phi) is 3.24. The lowest BCUT2D eigenvalue weighted by Gasteiger charge is -2.04. The minimum absolute atomic E-state index is 0.0957. The lowest BCUT2D eigenvalue weighted by atomic mass is 10.2. The highest BCUT2D eigenvalue weighted by Crippen LogP contribution is 2.27. The standard InChI is InChI=1S/C11H8F3N3O2/c1-19-10(18)7-2-4-15-9(6-7)17-5-3-8(16-17)11(12,13)14/h2-6H,1H3. The Morgan fingerprint density at radius 3 is 2.68 bits per heavy atom. The van der Waals surface area contributed by atoms with Crippen LogP contribution in [0.1, 0.15) is 16.1 Å². The number of nitrogens with zero attached hydrogens (tertiary/aromatic N) is 3. The van der Waals surface area contributed by atoms with Gasteiger partial charge in [-0.2, -0.15) is 18.3 Å². The number of esters is 1. The number of alkyl halides is 3. The molecule has 0 unspecified atom stereocenters. The maximum Gasteiger partial charge on any atom is 0.435 e. The van der Waals surface area contributed by atoms with Crippen molar-refractivity contribution >= 4 is 5.97 Å². The van der Waals surface area contributed by atoms with Gasteiger partial charge in [-0.25, -0.2) is 14.5 Å². The van der Waals surface area contributed by atoms with E-state index in [9.17, 15) is 18.0 Å². The maximum absolute atomic E-state index is 12.4. The average Bonchev–Trinajstić information content (AvgIpc) is 2.87. The molecule has 0 bridgehead atoms. The van der Waals surface area contributed by atoms with Crippen molar-refractivity contribution in [3.8, 4) is 5.82 Å². The van der Waals surface area contributed by atoms with E-state index in [1.807, 2.05) is 0 Å². The minimum atomic E-state index is -4.52. The van der Waals surface area contributed by atoms with Gasteiger partial charge in [-0.15, -0.1) is 0 Å². The molecule has 8 heteroatoms. The summed E-state index contributed by atoms with van der Waals surface area (Å²) in [6, 6.07) is 3.51. The number of carbonyl (C=O) groups is 1. The molecule has 19 heavy (non-hydrogen) atoms. The van der Waals surface area contributed by atoms with Crippen molar-refractivity contribution < 1.29 is 22.7 Å². The number of ether oxygens (including phenoxy) is 1. The molecule has 0 saturated carbocycles. The molecule has 0 aliphatic heterocycles. The topological polar surface area (TPSA) is 57.0 Å². The molecule has 2 aromatic rings. The quantitative estimate of drug-likeness (QED) is 0.785. The molecule has 100 valence electrons. The van der Waals surface area contributed by atoms with Crippen LogP contribution in [0.2, 0.25) is 0 Å². The van der Waals surface area contributed by atoms with Crippen LogP contribution in [0.3, 0.4) is 0 Å². The van der Waals surface area contributed by atoms with E-state index in [0.29, 0.717) is 0 Å². The Bertz CT molecular complexity index is 607. The van der Waals surface area contributed by atoms with Gasteiger partial charge in [0, 0.05) is 12.4 Å². The van der Waals surface area contributed by atoms with Gasteiger partial charge in [0.05, 0.1) is 12.7 Å². The summed E-state index contributed by atoms with van der Waals surface area (Å²) in [6.07, 6.45) is -2.12. The van der Waals surface area contributed by atoms with Crippen molar-refractivity contribution in [2.45, 2.75) is 6.18 Å². The summed E-state index contributed by atoms with van der Waals surface area (Å²) >= 11 is 0. The Balaban J connectivity index is 2.37. The average molecular weight is 271 g/mol. The SMILES string of the molecule is COC(=O)c1ccnc(-n2ccc(C(F)(F)F)n2)c1. The van der Waals surface area contributed by atoms with E-state index in [4.69, 9.17) is 0 Å². The van der Waals surface area contributed by atoms with Gasteiger partial charge in [0.2, 0.25) is 0 Å². The van der Waals surface area contributed by atoms with Gasteiger partial charge < -0.3 is 4.74 Å². The predicted octanol–water partition coefficient (Wildman–Crippen LogP) is 2.07. The smallest absolute Gasteiger partial charge is 0.435 e. The van der Waals surface area contributed by atoms with Crippen molar-refractivity contribution in [2.75, 3.05) is 7.11 Å². The van der Waals surface area contributed by atoms with Gasteiger partial charge in [0.1, 0.15) is 0 Å². The third kappa shape index (κ3) is 2.72. The Hall–Kier alpha value is -2.38. The van der Waals surface area contributed by atoms with Gasteiger partial charge in [-0.3, -0.25) is 0 Å². The van der Waals surface area contributed by atoms with Gasteiger partial charge >= 0.3 is 12.1 Å². The molecule has 0 aromatic carbocycles. The predicted molar refractivity (Wildman–Crippen MR) is 57.7 cm³/mol.